The number of hydrogen-bond donors (Lipinski definition) is 1. The van der Waals surface area contributed by atoms with Crippen molar-refractivity contribution in [3.8, 4) is 0 Å². The highest BCUT2D eigenvalue weighted by Gasteiger charge is 2.32. The fraction of sp³-hybridized carbons (Fsp3) is 0.562. The second-order valence-electron chi connectivity index (χ2n) is 6.02. The summed E-state index contributed by atoms with van der Waals surface area (Å²) in [7, 11) is -2.29. The summed E-state index contributed by atoms with van der Waals surface area (Å²) in [6, 6.07) is 4.44. The van der Waals surface area contributed by atoms with Gasteiger partial charge in [-0.15, -0.1) is 0 Å². The van der Waals surface area contributed by atoms with Crippen LogP contribution >= 0.6 is 11.6 Å². The minimum Gasteiger partial charge on any atom is -0.365 e. The Kier molecular flexibility index (Phi) is 6.45. The van der Waals surface area contributed by atoms with Crippen molar-refractivity contribution in [1.29, 1.82) is 0 Å². The van der Waals surface area contributed by atoms with Gasteiger partial charge in [-0.25, -0.2) is 8.42 Å². The van der Waals surface area contributed by atoms with Crippen molar-refractivity contribution in [2.45, 2.75) is 43.5 Å². The maximum atomic E-state index is 12.8. The van der Waals surface area contributed by atoms with Crippen molar-refractivity contribution >= 4 is 27.5 Å². The number of carbonyl (C=O) groups is 1. The number of nitrogens with zero attached hydrogens (tertiary/aromatic N) is 1. The number of rotatable bonds is 7. The standard InChI is InChI=1S/C16H23ClN2O5S/c1-16(23-2,15(18)20)24-11-12-10-13(6-7-14(12)17)25(21,22)19-8-4-3-5-9-19/h6-7,10H,3-5,8-9,11H2,1-2H3,(H2,18,20). The van der Waals surface area contributed by atoms with Gasteiger partial charge in [-0.05, 0) is 43.5 Å². The van der Waals surface area contributed by atoms with Crippen LogP contribution in [0.5, 0.6) is 0 Å². The third kappa shape index (κ3) is 4.51. The first kappa shape index (κ1) is 20.1. The lowest BCUT2D eigenvalue weighted by molar-refractivity contribution is -0.213. The highest BCUT2D eigenvalue weighted by molar-refractivity contribution is 7.89. The molecule has 0 saturated carbocycles. The monoisotopic (exact) mass is 390 g/mol. The van der Waals surface area contributed by atoms with Gasteiger partial charge in [0, 0.05) is 25.2 Å². The van der Waals surface area contributed by atoms with Gasteiger partial charge in [-0.3, -0.25) is 4.79 Å². The van der Waals surface area contributed by atoms with E-state index in [2.05, 4.69) is 0 Å². The summed E-state index contributed by atoms with van der Waals surface area (Å²) in [5.74, 6) is -2.41. The minimum atomic E-state index is -3.58. The Bertz CT molecular complexity index is 734. The lowest BCUT2D eigenvalue weighted by Crippen LogP contribution is -2.45. The second kappa shape index (κ2) is 8.01. The van der Waals surface area contributed by atoms with E-state index in [9.17, 15) is 13.2 Å². The van der Waals surface area contributed by atoms with Crippen molar-refractivity contribution in [3.05, 3.63) is 28.8 Å². The van der Waals surface area contributed by atoms with E-state index in [-0.39, 0.29) is 11.5 Å². The SMILES string of the molecule is COC(C)(OCc1cc(S(=O)(=O)N2CCCCC2)ccc1Cl)C(N)=O. The van der Waals surface area contributed by atoms with E-state index in [0.29, 0.717) is 23.7 Å². The number of hydrogen-bond acceptors (Lipinski definition) is 5. The molecule has 2 rings (SSSR count). The van der Waals surface area contributed by atoms with Gasteiger partial charge in [0.1, 0.15) is 0 Å². The van der Waals surface area contributed by atoms with Crippen LogP contribution in [0.15, 0.2) is 23.1 Å². The summed E-state index contributed by atoms with van der Waals surface area (Å²) in [6.07, 6.45) is 2.75. The summed E-state index contributed by atoms with van der Waals surface area (Å²) < 4.78 is 37.4. The Hall–Kier alpha value is -1.19. The number of nitrogens with two attached hydrogens (primary N) is 1. The maximum absolute atomic E-state index is 12.8. The van der Waals surface area contributed by atoms with Crippen molar-refractivity contribution in [2.75, 3.05) is 20.2 Å². The molecule has 140 valence electrons. The number of methoxy groups -OCH3 is 1. The number of benzene rings is 1. The van der Waals surface area contributed by atoms with Crippen molar-refractivity contribution < 1.29 is 22.7 Å². The normalized spacial score (nSPS) is 18.7. The maximum Gasteiger partial charge on any atom is 0.277 e. The summed E-state index contributed by atoms with van der Waals surface area (Å²) in [5.41, 5.74) is 5.69. The molecule has 1 unspecified atom stereocenters. The number of amides is 1. The molecular formula is C16H23ClN2O5S. The number of sulfonamides is 1. The predicted molar refractivity (Wildman–Crippen MR) is 93.5 cm³/mol. The third-order valence-electron chi connectivity index (χ3n) is 4.31. The summed E-state index contributed by atoms with van der Waals surface area (Å²) in [4.78, 5) is 11.6. The van der Waals surface area contributed by atoms with E-state index in [0.717, 1.165) is 19.3 Å². The molecule has 1 saturated heterocycles. The Balaban J connectivity index is 2.24. The molecule has 1 amide bonds. The van der Waals surface area contributed by atoms with Gasteiger partial charge in [0.2, 0.25) is 15.8 Å². The van der Waals surface area contributed by atoms with E-state index in [1.165, 1.54) is 36.5 Å². The molecule has 9 heteroatoms. The zero-order chi connectivity index (χ0) is 18.7. The van der Waals surface area contributed by atoms with Crippen LogP contribution in [0.1, 0.15) is 31.7 Å². The Labute approximate surface area is 153 Å². The molecule has 0 aliphatic carbocycles. The minimum absolute atomic E-state index is 0.116. The largest absolute Gasteiger partial charge is 0.365 e. The van der Waals surface area contributed by atoms with E-state index < -0.39 is 21.7 Å². The topological polar surface area (TPSA) is 98.9 Å². The van der Waals surface area contributed by atoms with Gasteiger partial charge in [-0.1, -0.05) is 18.0 Å². The van der Waals surface area contributed by atoms with E-state index in [1.807, 2.05) is 0 Å². The highest BCUT2D eigenvalue weighted by Crippen LogP contribution is 2.26. The van der Waals surface area contributed by atoms with Gasteiger partial charge in [0.05, 0.1) is 11.5 Å². The van der Waals surface area contributed by atoms with Crippen LogP contribution in [0.4, 0.5) is 0 Å². The lowest BCUT2D eigenvalue weighted by Gasteiger charge is -2.27. The summed E-state index contributed by atoms with van der Waals surface area (Å²) >= 11 is 6.14. The molecule has 0 spiro atoms. The smallest absolute Gasteiger partial charge is 0.277 e. The molecule has 0 radical (unpaired) electrons. The number of primary amides is 1. The van der Waals surface area contributed by atoms with Crippen LogP contribution in [0.3, 0.4) is 0 Å². The van der Waals surface area contributed by atoms with Crippen LogP contribution in [0.25, 0.3) is 0 Å². The number of halogens is 1. The number of piperidine rings is 1. The van der Waals surface area contributed by atoms with Crippen LogP contribution in [-0.2, 0) is 30.9 Å². The quantitative estimate of drug-likeness (QED) is 0.716. The fourth-order valence-corrected chi connectivity index (χ4v) is 4.26. The van der Waals surface area contributed by atoms with E-state index in [1.54, 1.807) is 0 Å². The average Bonchev–Trinajstić information content (AvgIpc) is 2.61. The molecule has 1 aliphatic rings. The molecule has 1 aliphatic heterocycles. The molecule has 0 aromatic heterocycles. The molecular weight excluding hydrogens is 368 g/mol. The first-order chi connectivity index (χ1) is 11.7. The van der Waals surface area contributed by atoms with E-state index in [4.69, 9.17) is 26.8 Å². The van der Waals surface area contributed by atoms with Crippen LogP contribution < -0.4 is 5.73 Å². The van der Waals surface area contributed by atoms with Crippen molar-refractivity contribution in [3.63, 3.8) is 0 Å². The summed E-state index contributed by atoms with van der Waals surface area (Å²) in [6.45, 7) is 2.30. The molecule has 1 heterocycles. The third-order valence-corrected chi connectivity index (χ3v) is 6.57. The lowest BCUT2D eigenvalue weighted by atomic mass is 10.2. The van der Waals surface area contributed by atoms with Gasteiger partial charge < -0.3 is 15.2 Å². The van der Waals surface area contributed by atoms with Crippen LogP contribution in [-0.4, -0.2) is 44.6 Å². The number of carbonyl (C=O) groups excluding carboxylic acids is 1. The first-order valence-corrected chi connectivity index (χ1v) is 9.80. The Morgan fingerprint density at radius 3 is 2.52 bits per heavy atom. The first-order valence-electron chi connectivity index (χ1n) is 7.98. The van der Waals surface area contributed by atoms with Crippen molar-refractivity contribution in [1.82, 2.24) is 4.31 Å². The van der Waals surface area contributed by atoms with Gasteiger partial charge >= 0.3 is 0 Å². The molecule has 25 heavy (non-hydrogen) atoms. The Morgan fingerprint density at radius 2 is 1.96 bits per heavy atom. The van der Waals surface area contributed by atoms with E-state index >= 15 is 0 Å². The van der Waals surface area contributed by atoms with Crippen LogP contribution in [0.2, 0.25) is 5.02 Å². The summed E-state index contributed by atoms with van der Waals surface area (Å²) in [5, 5.41) is 0.334. The predicted octanol–water partition coefficient (Wildman–Crippen LogP) is 1.88. The molecule has 1 aromatic rings. The zero-order valence-corrected chi connectivity index (χ0v) is 15.9. The molecule has 7 nitrogen and oxygen atoms in total. The highest BCUT2D eigenvalue weighted by atomic mass is 35.5. The van der Waals surface area contributed by atoms with Crippen LogP contribution in [0, 0.1) is 0 Å². The van der Waals surface area contributed by atoms with Crippen molar-refractivity contribution in [2.24, 2.45) is 5.73 Å². The Morgan fingerprint density at radius 1 is 1.32 bits per heavy atom. The molecule has 1 fully saturated rings. The zero-order valence-electron chi connectivity index (χ0n) is 14.3. The van der Waals surface area contributed by atoms with Gasteiger partial charge in [0.15, 0.2) is 0 Å². The molecule has 0 bridgehead atoms. The average molecular weight is 391 g/mol. The molecule has 1 aromatic carbocycles. The van der Waals surface area contributed by atoms with Gasteiger partial charge in [-0.2, -0.15) is 4.31 Å². The second-order valence-corrected chi connectivity index (χ2v) is 8.37. The van der Waals surface area contributed by atoms with Gasteiger partial charge in [0.25, 0.3) is 5.91 Å². The molecule has 1 atom stereocenters. The molecule has 2 N–H and O–H groups in total. The number of ether oxygens (including phenoxy) is 2. The fourth-order valence-electron chi connectivity index (χ4n) is 2.52.